The van der Waals surface area contributed by atoms with E-state index in [1.807, 2.05) is 23.1 Å². The van der Waals surface area contributed by atoms with Crippen LogP contribution in [0.25, 0.3) is 0 Å². The van der Waals surface area contributed by atoms with Gasteiger partial charge < -0.3 is 14.7 Å². The summed E-state index contributed by atoms with van der Waals surface area (Å²) in [5.41, 5.74) is 2.25. The molecule has 0 aliphatic carbocycles. The number of aliphatic hydroxyl groups excluding tert-OH is 1. The van der Waals surface area contributed by atoms with Gasteiger partial charge >= 0.3 is 0 Å². The fourth-order valence-corrected chi connectivity index (χ4v) is 3.59. The Balaban J connectivity index is 1.71. The minimum atomic E-state index is -0.451. The van der Waals surface area contributed by atoms with Crippen LogP contribution in [0, 0.1) is 5.41 Å². The summed E-state index contributed by atoms with van der Waals surface area (Å²) in [6.07, 6.45) is 3.14. The molecule has 4 nitrogen and oxygen atoms in total. The highest BCUT2D eigenvalue weighted by Gasteiger charge is 2.37. The average molecular weight is 303 g/mol. The molecule has 2 heterocycles. The lowest BCUT2D eigenvalue weighted by molar-refractivity contribution is -0.148. The molecule has 0 spiro atoms. The molecule has 0 bridgehead atoms. The summed E-state index contributed by atoms with van der Waals surface area (Å²) in [5, 5.41) is 9.62. The van der Waals surface area contributed by atoms with Crippen molar-refractivity contribution in [3.63, 3.8) is 0 Å². The van der Waals surface area contributed by atoms with Crippen molar-refractivity contribution in [2.75, 3.05) is 26.3 Å². The molecule has 1 unspecified atom stereocenters. The molecular weight excluding hydrogens is 278 g/mol. The van der Waals surface area contributed by atoms with Gasteiger partial charge in [0, 0.05) is 19.7 Å². The van der Waals surface area contributed by atoms with E-state index in [2.05, 4.69) is 13.0 Å². The summed E-state index contributed by atoms with van der Waals surface area (Å²) in [6, 6.07) is 8.08. The second kappa shape index (κ2) is 6.39. The fraction of sp³-hybridized carbons (Fsp3) is 0.611. The Bertz CT molecular complexity index is 529. The van der Waals surface area contributed by atoms with Crippen LogP contribution in [0.5, 0.6) is 0 Å². The smallest absolute Gasteiger partial charge is 0.256 e. The van der Waals surface area contributed by atoms with Crippen LogP contribution in [0.1, 0.15) is 43.4 Å². The van der Waals surface area contributed by atoms with Gasteiger partial charge in [0.05, 0.1) is 6.61 Å². The largest absolute Gasteiger partial charge is 0.396 e. The summed E-state index contributed by atoms with van der Waals surface area (Å²) in [6.45, 7) is 4.38. The van der Waals surface area contributed by atoms with Gasteiger partial charge in [-0.2, -0.15) is 0 Å². The van der Waals surface area contributed by atoms with Gasteiger partial charge in [-0.3, -0.25) is 4.79 Å². The summed E-state index contributed by atoms with van der Waals surface area (Å²) < 4.78 is 5.78. The molecule has 1 N–H and O–H groups in total. The first-order chi connectivity index (χ1) is 10.7. The number of hydrogen-bond acceptors (Lipinski definition) is 3. The van der Waals surface area contributed by atoms with Crippen molar-refractivity contribution >= 4 is 5.91 Å². The molecular formula is C18H25NO3. The molecule has 4 heteroatoms. The molecule has 1 aromatic carbocycles. The van der Waals surface area contributed by atoms with Gasteiger partial charge in [-0.1, -0.05) is 31.2 Å². The first kappa shape index (κ1) is 15.5. The van der Waals surface area contributed by atoms with Crippen LogP contribution in [0.15, 0.2) is 24.3 Å². The molecule has 0 saturated carbocycles. The van der Waals surface area contributed by atoms with Crippen molar-refractivity contribution in [1.29, 1.82) is 0 Å². The number of fused-ring (bicyclic) bond motifs is 1. The van der Waals surface area contributed by atoms with Crippen LogP contribution in [0.3, 0.4) is 0 Å². The molecule has 120 valence electrons. The number of aliphatic hydroxyl groups is 1. The van der Waals surface area contributed by atoms with Gasteiger partial charge in [0.15, 0.2) is 6.10 Å². The fourth-order valence-electron chi connectivity index (χ4n) is 3.59. The van der Waals surface area contributed by atoms with E-state index in [0.717, 1.165) is 44.3 Å². The number of carbonyl (C=O) groups is 1. The minimum absolute atomic E-state index is 0.00209. The summed E-state index contributed by atoms with van der Waals surface area (Å²) in [5.74, 6) is 0.0785. The van der Waals surface area contributed by atoms with E-state index in [4.69, 9.17) is 4.74 Å². The van der Waals surface area contributed by atoms with Gasteiger partial charge in [-0.25, -0.2) is 0 Å². The van der Waals surface area contributed by atoms with E-state index < -0.39 is 6.10 Å². The SMILES string of the molecule is CCC1(CO)CCN(C(=O)C2OCCc3ccccc32)CC1. The molecule has 0 aromatic heterocycles. The van der Waals surface area contributed by atoms with E-state index >= 15 is 0 Å². The summed E-state index contributed by atoms with van der Waals surface area (Å²) >= 11 is 0. The zero-order valence-electron chi connectivity index (χ0n) is 13.3. The van der Waals surface area contributed by atoms with Crippen molar-refractivity contribution in [2.24, 2.45) is 5.41 Å². The number of benzene rings is 1. The van der Waals surface area contributed by atoms with Crippen molar-refractivity contribution in [1.82, 2.24) is 4.90 Å². The molecule has 1 fully saturated rings. The number of amides is 1. The number of hydrogen-bond donors (Lipinski definition) is 1. The molecule has 0 radical (unpaired) electrons. The number of carbonyl (C=O) groups excluding carboxylic acids is 1. The number of likely N-dealkylation sites (tertiary alicyclic amines) is 1. The van der Waals surface area contributed by atoms with Crippen molar-refractivity contribution in [3.05, 3.63) is 35.4 Å². The highest BCUT2D eigenvalue weighted by Crippen LogP contribution is 2.36. The van der Waals surface area contributed by atoms with E-state index in [9.17, 15) is 9.90 Å². The van der Waals surface area contributed by atoms with Gasteiger partial charge in [0.2, 0.25) is 0 Å². The Kier molecular flexibility index (Phi) is 4.50. The highest BCUT2D eigenvalue weighted by atomic mass is 16.5. The average Bonchev–Trinajstić information content (AvgIpc) is 2.60. The third-order valence-electron chi connectivity index (χ3n) is 5.44. The van der Waals surface area contributed by atoms with Crippen LogP contribution < -0.4 is 0 Å². The molecule has 2 aliphatic rings. The predicted molar refractivity (Wildman–Crippen MR) is 84.5 cm³/mol. The number of piperidine rings is 1. The molecule has 1 saturated heterocycles. The lowest BCUT2D eigenvalue weighted by Gasteiger charge is -2.41. The number of ether oxygens (including phenoxy) is 1. The van der Waals surface area contributed by atoms with E-state index in [1.54, 1.807) is 0 Å². The monoisotopic (exact) mass is 303 g/mol. The standard InChI is InChI=1S/C18H25NO3/c1-2-18(13-20)8-10-19(11-9-18)17(21)16-15-6-4-3-5-14(15)7-12-22-16/h3-6,16,20H,2,7-13H2,1H3. The first-order valence-corrected chi connectivity index (χ1v) is 8.28. The maximum atomic E-state index is 12.8. The Morgan fingerprint density at radius 1 is 1.36 bits per heavy atom. The van der Waals surface area contributed by atoms with Crippen LogP contribution in [-0.2, 0) is 16.0 Å². The van der Waals surface area contributed by atoms with Gasteiger partial charge in [0.1, 0.15) is 0 Å². The highest BCUT2D eigenvalue weighted by molar-refractivity contribution is 5.83. The second-order valence-electron chi connectivity index (χ2n) is 6.54. The number of rotatable bonds is 3. The van der Waals surface area contributed by atoms with Gasteiger partial charge in [-0.05, 0) is 42.2 Å². The Labute approximate surface area is 132 Å². The maximum absolute atomic E-state index is 12.8. The third-order valence-corrected chi connectivity index (χ3v) is 5.44. The van der Waals surface area contributed by atoms with Crippen molar-refractivity contribution in [3.8, 4) is 0 Å². The normalized spacial score (nSPS) is 23.9. The lowest BCUT2D eigenvalue weighted by Crippen LogP contribution is -2.46. The topological polar surface area (TPSA) is 49.8 Å². The molecule has 1 atom stereocenters. The second-order valence-corrected chi connectivity index (χ2v) is 6.54. The zero-order valence-corrected chi connectivity index (χ0v) is 13.3. The predicted octanol–water partition coefficient (Wildman–Crippen LogP) is 2.31. The molecule has 3 rings (SSSR count). The Morgan fingerprint density at radius 3 is 2.77 bits per heavy atom. The van der Waals surface area contributed by atoms with Crippen molar-refractivity contribution < 1.29 is 14.6 Å². The summed E-state index contributed by atoms with van der Waals surface area (Å²) in [4.78, 5) is 14.8. The molecule has 1 aromatic rings. The van der Waals surface area contributed by atoms with Gasteiger partial charge in [0.25, 0.3) is 5.91 Å². The maximum Gasteiger partial charge on any atom is 0.256 e. The van der Waals surface area contributed by atoms with Crippen LogP contribution in [0.4, 0.5) is 0 Å². The first-order valence-electron chi connectivity index (χ1n) is 8.28. The van der Waals surface area contributed by atoms with Gasteiger partial charge in [-0.15, -0.1) is 0 Å². The zero-order chi connectivity index (χ0) is 15.6. The van der Waals surface area contributed by atoms with E-state index in [-0.39, 0.29) is 17.9 Å². The minimum Gasteiger partial charge on any atom is -0.396 e. The Hall–Kier alpha value is -1.39. The van der Waals surface area contributed by atoms with Crippen LogP contribution in [-0.4, -0.2) is 42.2 Å². The molecule has 22 heavy (non-hydrogen) atoms. The van der Waals surface area contributed by atoms with Crippen LogP contribution >= 0.6 is 0 Å². The van der Waals surface area contributed by atoms with E-state index in [0.29, 0.717) is 6.61 Å². The third kappa shape index (κ3) is 2.77. The molecule has 1 amide bonds. The molecule has 2 aliphatic heterocycles. The summed E-state index contributed by atoms with van der Waals surface area (Å²) in [7, 11) is 0. The lowest BCUT2D eigenvalue weighted by atomic mass is 9.77. The van der Waals surface area contributed by atoms with E-state index in [1.165, 1.54) is 5.56 Å². The number of nitrogens with zero attached hydrogens (tertiary/aromatic N) is 1. The Morgan fingerprint density at radius 2 is 2.09 bits per heavy atom. The quantitative estimate of drug-likeness (QED) is 0.932. The van der Waals surface area contributed by atoms with Crippen LogP contribution in [0.2, 0.25) is 0 Å². The van der Waals surface area contributed by atoms with Crippen molar-refractivity contribution in [2.45, 2.75) is 38.7 Å².